The third-order valence-electron chi connectivity index (χ3n) is 3.01. The third-order valence-corrected chi connectivity index (χ3v) is 4.03. The molecule has 0 fully saturated rings. The van der Waals surface area contributed by atoms with Crippen LogP contribution >= 0.6 is 11.3 Å². The van der Waals surface area contributed by atoms with Crippen molar-refractivity contribution in [2.45, 2.75) is 20.8 Å². The summed E-state index contributed by atoms with van der Waals surface area (Å²) in [7, 11) is 0. The molecule has 4 heteroatoms. The number of allylic oxidation sites excluding steroid dienone is 4. The Kier molecular flexibility index (Phi) is 2.90. The Hall–Kier alpha value is -2.17. The van der Waals surface area contributed by atoms with E-state index < -0.39 is 0 Å². The molecule has 0 unspecified atom stereocenters. The number of hydrogen-bond acceptors (Lipinski definition) is 4. The van der Waals surface area contributed by atoms with Gasteiger partial charge in [0.2, 0.25) is 0 Å². The number of nitriles is 2. The molecule has 1 aliphatic carbocycles. The van der Waals surface area contributed by atoms with E-state index in [2.05, 4.69) is 0 Å². The molecule has 0 amide bonds. The summed E-state index contributed by atoms with van der Waals surface area (Å²) in [4.78, 5) is 14.2. The predicted octanol–water partition coefficient (Wildman–Crippen LogP) is 3.31. The van der Waals surface area contributed by atoms with Gasteiger partial charge < -0.3 is 0 Å². The molecule has 0 radical (unpaired) electrons. The summed E-state index contributed by atoms with van der Waals surface area (Å²) in [6.45, 7) is 5.55. The lowest BCUT2D eigenvalue weighted by molar-refractivity contribution is 0.104. The van der Waals surface area contributed by atoms with E-state index >= 15 is 0 Å². The first-order valence-electron chi connectivity index (χ1n) is 5.43. The molecule has 0 saturated heterocycles. The SMILES string of the molecule is C/C=C1/C(=O)c2c(C)sc(C)c2C1=C(C#N)C#N. The minimum atomic E-state index is -0.0765. The molecule has 0 aliphatic heterocycles. The number of nitrogens with zero attached hydrogens (tertiary/aromatic N) is 2. The van der Waals surface area contributed by atoms with E-state index in [1.54, 1.807) is 13.0 Å². The molecule has 1 aliphatic rings. The van der Waals surface area contributed by atoms with Crippen LogP contribution in [0.1, 0.15) is 32.6 Å². The normalized spacial score (nSPS) is 15.5. The number of ketones is 1. The fourth-order valence-corrected chi connectivity index (χ4v) is 3.38. The average Bonchev–Trinajstić information content (AvgIpc) is 2.79. The summed E-state index contributed by atoms with van der Waals surface area (Å²) in [6.07, 6.45) is 1.68. The summed E-state index contributed by atoms with van der Waals surface area (Å²) < 4.78 is 0. The van der Waals surface area contributed by atoms with E-state index in [9.17, 15) is 4.79 Å². The fraction of sp³-hybridized carbons (Fsp3) is 0.214. The summed E-state index contributed by atoms with van der Waals surface area (Å²) in [6, 6.07) is 3.77. The van der Waals surface area contributed by atoms with E-state index in [4.69, 9.17) is 10.5 Å². The van der Waals surface area contributed by atoms with Crippen LogP contribution in [-0.4, -0.2) is 5.78 Å². The Bertz CT molecular complexity index is 689. The first-order valence-corrected chi connectivity index (χ1v) is 6.24. The molecule has 0 saturated carbocycles. The Morgan fingerprint density at radius 3 is 2.22 bits per heavy atom. The van der Waals surface area contributed by atoms with Gasteiger partial charge in [0.05, 0.1) is 0 Å². The number of aryl methyl sites for hydroxylation is 2. The van der Waals surface area contributed by atoms with E-state index in [0.29, 0.717) is 16.7 Å². The van der Waals surface area contributed by atoms with Gasteiger partial charge in [-0.15, -0.1) is 11.3 Å². The molecule has 0 N–H and O–H groups in total. The third kappa shape index (κ3) is 1.44. The van der Waals surface area contributed by atoms with Crippen molar-refractivity contribution in [3.63, 3.8) is 0 Å². The fourth-order valence-electron chi connectivity index (χ4n) is 2.31. The Labute approximate surface area is 109 Å². The first-order chi connectivity index (χ1) is 8.56. The minimum absolute atomic E-state index is 0.0103. The molecule has 1 aromatic heterocycles. The maximum Gasteiger partial charge on any atom is 0.195 e. The van der Waals surface area contributed by atoms with Gasteiger partial charge in [0, 0.05) is 32.0 Å². The topological polar surface area (TPSA) is 64.7 Å². The highest BCUT2D eigenvalue weighted by molar-refractivity contribution is 7.12. The molecule has 88 valence electrons. The number of Topliss-reactive ketones (excluding diaryl/α,β-unsaturated/α-hetero) is 1. The van der Waals surface area contributed by atoms with Gasteiger partial charge in [0.15, 0.2) is 5.78 Å². The minimum Gasteiger partial charge on any atom is -0.289 e. The predicted molar refractivity (Wildman–Crippen MR) is 70.0 cm³/mol. The molecule has 2 rings (SSSR count). The van der Waals surface area contributed by atoms with Crippen molar-refractivity contribution in [2.24, 2.45) is 0 Å². The van der Waals surface area contributed by atoms with Gasteiger partial charge in [0.25, 0.3) is 0 Å². The molecule has 0 aromatic carbocycles. The summed E-state index contributed by atoms with van der Waals surface area (Å²) in [5.41, 5.74) is 2.41. The lowest BCUT2D eigenvalue weighted by Gasteiger charge is -2.01. The molecule has 0 bridgehead atoms. The average molecular weight is 254 g/mol. The molecular weight excluding hydrogens is 244 g/mol. The van der Waals surface area contributed by atoms with Crippen LogP contribution in [0.3, 0.4) is 0 Å². The van der Waals surface area contributed by atoms with Crippen LogP contribution in [0.15, 0.2) is 17.2 Å². The number of carbonyl (C=O) groups is 1. The number of rotatable bonds is 0. The standard InChI is InChI=1S/C14H10N2OS/c1-4-10-13(9(5-15)6-16)11-7(2)18-8(3)12(11)14(10)17/h4H,1-3H3/b10-4+. The number of carbonyl (C=O) groups excluding carboxylic acids is 1. The highest BCUT2D eigenvalue weighted by Gasteiger charge is 2.36. The largest absolute Gasteiger partial charge is 0.289 e. The number of fused-ring (bicyclic) bond motifs is 1. The highest BCUT2D eigenvalue weighted by Crippen LogP contribution is 2.45. The quantitative estimate of drug-likeness (QED) is 0.527. The van der Waals surface area contributed by atoms with Gasteiger partial charge in [-0.1, -0.05) is 6.08 Å². The van der Waals surface area contributed by atoms with Crippen LogP contribution in [0.5, 0.6) is 0 Å². The lowest BCUT2D eigenvalue weighted by Crippen LogP contribution is -1.96. The number of hydrogen-bond donors (Lipinski definition) is 0. The summed E-state index contributed by atoms with van der Waals surface area (Å²) in [5, 5.41) is 18.1. The summed E-state index contributed by atoms with van der Waals surface area (Å²) >= 11 is 1.53. The van der Waals surface area contributed by atoms with Crippen molar-refractivity contribution in [2.75, 3.05) is 0 Å². The van der Waals surface area contributed by atoms with Crippen molar-refractivity contribution < 1.29 is 4.79 Å². The lowest BCUT2D eigenvalue weighted by atomic mass is 10.00. The smallest absolute Gasteiger partial charge is 0.195 e. The zero-order valence-corrected chi connectivity index (χ0v) is 11.1. The van der Waals surface area contributed by atoms with Crippen LogP contribution in [-0.2, 0) is 0 Å². The Morgan fingerprint density at radius 2 is 1.72 bits per heavy atom. The Balaban J connectivity index is 2.94. The van der Waals surface area contributed by atoms with Crippen LogP contribution < -0.4 is 0 Å². The van der Waals surface area contributed by atoms with Crippen LogP contribution in [0, 0.1) is 36.5 Å². The van der Waals surface area contributed by atoms with Gasteiger partial charge in [0.1, 0.15) is 17.7 Å². The van der Waals surface area contributed by atoms with Crippen molar-refractivity contribution in [3.05, 3.63) is 38.1 Å². The second-order valence-corrected chi connectivity index (χ2v) is 5.40. The van der Waals surface area contributed by atoms with E-state index in [0.717, 1.165) is 15.3 Å². The summed E-state index contributed by atoms with van der Waals surface area (Å²) in [5.74, 6) is -0.0765. The highest BCUT2D eigenvalue weighted by atomic mass is 32.1. The van der Waals surface area contributed by atoms with Crippen LogP contribution in [0.4, 0.5) is 0 Å². The molecule has 0 atom stereocenters. The van der Waals surface area contributed by atoms with E-state index in [-0.39, 0.29) is 11.4 Å². The molecule has 3 nitrogen and oxygen atoms in total. The van der Waals surface area contributed by atoms with Crippen LogP contribution in [0.25, 0.3) is 5.57 Å². The maximum absolute atomic E-state index is 12.3. The monoisotopic (exact) mass is 254 g/mol. The second kappa shape index (κ2) is 4.25. The number of thiophene rings is 1. The second-order valence-electron chi connectivity index (χ2n) is 3.97. The van der Waals surface area contributed by atoms with Crippen molar-refractivity contribution >= 4 is 22.7 Å². The molecule has 1 heterocycles. The van der Waals surface area contributed by atoms with Gasteiger partial charge in [-0.3, -0.25) is 4.79 Å². The van der Waals surface area contributed by atoms with E-state index in [1.165, 1.54) is 11.3 Å². The van der Waals surface area contributed by atoms with E-state index in [1.807, 2.05) is 26.0 Å². The Morgan fingerprint density at radius 1 is 1.17 bits per heavy atom. The molecule has 0 spiro atoms. The maximum atomic E-state index is 12.3. The van der Waals surface area contributed by atoms with Crippen molar-refractivity contribution in [1.82, 2.24) is 0 Å². The van der Waals surface area contributed by atoms with Crippen LogP contribution in [0.2, 0.25) is 0 Å². The molecular formula is C14H10N2OS. The van der Waals surface area contributed by atoms with Gasteiger partial charge >= 0.3 is 0 Å². The van der Waals surface area contributed by atoms with Crippen molar-refractivity contribution in [3.8, 4) is 12.1 Å². The van der Waals surface area contributed by atoms with Gasteiger partial charge in [-0.2, -0.15) is 10.5 Å². The molecule has 18 heavy (non-hydrogen) atoms. The first kappa shape index (κ1) is 12.3. The zero-order chi connectivity index (χ0) is 13.4. The van der Waals surface area contributed by atoms with Gasteiger partial charge in [-0.25, -0.2) is 0 Å². The zero-order valence-electron chi connectivity index (χ0n) is 10.3. The molecule has 1 aromatic rings. The van der Waals surface area contributed by atoms with Crippen molar-refractivity contribution in [1.29, 1.82) is 10.5 Å². The van der Waals surface area contributed by atoms with Gasteiger partial charge in [-0.05, 0) is 20.8 Å².